The molecule has 3 heterocycles. The van der Waals surface area contributed by atoms with Gasteiger partial charge < -0.3 is 20.1 Å². The molecule has 11 heteroatoms. The van der Waals surface area contributed by atoms with E-state index in [9.17, 15) is 18.0 Å². The molecule has 0 radical (unpaired) electrons. The van der Waals surface area contributed by atoms with Gasteiger partial charge in [-0.1, -0.05) is 6.07 Å². The Labute approximate surface area is 178 Å². The average Bonchev–Trinajstić information content (AvgIpc) is 3.45. The lowest BCUT2D eigenvalue weighted by atomic mass is 10.00. The fourth-order valence-corrected chi connectivity index (χ4v) is 3.93. The number of ether oxygens (including phenoxy) is 1. The lowest BCUT2D eigenvalue weighted by Gasteiger charge is -2.34. The highest BCUT2D eigenvalue weighted by molar-refractivity contribution is 5.76. The first kappa shape index (κ1) is 23.3. The third kappa shape index (κ3) is 6.30. The number of urea groups is 1. The van der Waals surface area contributed by atoms with Gasteiger partial charge in [-0.15, -0.1) is 0 Å². The summed E-state index contributed by atoms with van der Waals surface area (Å²) in [5.74, 6) is -2.76. The van der Waals surface area contributed by atoms with Gasteiger partial charge in [-0.2, -0.15) is 13.2 Å². The largest absolute Gasteiger partial charge is 0.490 e. The smallest absolute Gasteiger partial charge is 0.475 e. The summed E-state index contributed by atoms with van der Waals surface area (Å²) < 4.78 is 37.8. The van der Waals surface area contributed by atoms with Crippen molar-refractivity contribution in [1.82, 2.24) is 20.1 Å². The maximum Gasteiger partial charge on any atom is 0.490 e. The van der Waals surface area contributed by atoms with Crippen molar-refractivity contribution in [2.24, 2.45) is 0 Å². The molecule has 2 saturated heterocycles. The minimum atomic E-state index is -5.08. The van der Waals surface area contributed by atoms with E-state index in [-0.39, 0.29) is 24.2 Å². The molecule has 0 bridgehead atoms. The molecular formula is C20H27F3N4O4. The molecule has 2 amide bonds. The van der Waals surface area contributed by atoms with Gasteiger partial charge in [0.15, 0.2) is 0 Å². The summed E-state index contributed by atoms with van der Waals surface area (Å²) in [6.07, 6.45) is 3.05. The molecule has 4 rings (SSSR count). The Bertz CT molecular complexity index is 761. The second-order valence-electron chi connectivity index (χ2n) is 8.07. The number of hydrogen-bond donors (Lipinski definition) is 2. The van der Waals surface area contributed by atoms with Crippen molar-refractivity contribution < 1.29 is 32.6 Å². The van der Waals surface area contributed by atoms with E-state index in [1.807, 2.05) is 17.2 Å². The van der Waals surface area contributed by atoms with Gasteiger partial charge in [0.25, 0.3) is 0 Å². The normalized spacial score (nSPS) is 25.5. The molecule has 3 aliphatic rings. The predicted molar refractivity (Wildman–Crippen MR) is 104 cm³/mol. The van der Waals surface area contributed by atoms with Crippen LogP contribution in [0.5, 0.6) is 0 Å². The molecule has 3 atom stereocenters. The van der Waals surface area contributed by atoms with Crippen LogP contribution >= 0.6 is 0 Å². The summed E-state index contributed by atoms with van der Waals surface area (Å²) in [4.78, 5) is 30.0. The van der Waals surface area contributed by atoms with E-state index in [1.165, 1.54) is 5.56 Å². The van der Waals surface area contributed by atoms with E-state index < -0.39 is 12.1 Å². The van der Waals surface area contributed by atoms with Crippen molar-refractivity contribution in [1.29, 1.82) is 0 Å². The number of alkyl halides is 3. The predicted octanol–water partition coefficient (Wildman–Crippen LogP) is 2.25. The van der Waals surface area contributed by atoms with Crippen LogP contribution in [-0.4, -0.2) is 82.5 Å². The number of fused-ring (bicyclic) bond motifs is 1. The monoisotopic (exact) mass is 444 g/mol. The first-order valence-electron chi connectivity index (χ1n) is 10.2. The number of rotatable bonds is 4. The SMILES string of the molecule is CN(Cc1cccnc1)[C@@H]1CN(C(=O)NC2CC2)[C@@H]2CCCO[C@H]12.O=C(O)C(F)(F)F. The van der Waals surface area contributed by atoms with Crippen LogP contribution < -0.4 is 5.32 Å². The van der Waals surface area contributed by atoms with E-state index in [4.69, 9.17) is 14.6 Å². The highest BCUT2D eigenvalue weighted by Crippen LogP contribution is 2.32. The zero-order chi connectivity index (χ0) is 22.6. The van der Waals surface area contributed by atoms with E-state index in [0.717, 1.165) is 45.4 Å². The van der Waals surface area contributed by atoms with Crippen LogP contribution in [0.25, 0.3) is 0 Å². The van der Waals surface area contributed by atoms with Gasteiger partial charge in [-0.05, 0) is 44.4 Å². The number of amides is 2. The van der Waals surface area contributed by atoms with Crippen LogP contribution in [0.4, 0.5) is 18.0 Å². The van der Waals surface area contributed by atoms with Gasteiger partial charge in [0, 0.05) is 38.1 Å². The van der Waals surface area contributed by atoms with Gasteiger partial charge in [0.2, 0.25) is 0 Å². The average molecular weight is 444 g/mol. The number of aromatic nitrogens is 1. The number of likely N-dealkylation sites (tertiary alicyclic amines) is 1. The number of carboxylic acid groups (broad SMARTS) is 1. The number of hydrogen-bond acceptors (Lipinski definition) is 5. The second kappa shape index (κ2) is 9.82. The Kier molecular flexibility index (Phi) is 7.37. The van der Waals surface area contributed by atoms with Gasteiger partial charge in [-0.25, -0.2) is 9.59 Å². The molecule has 1 saturated carbocycles. The van der Waals surface area contributed by atoms with Gasteiger partial charge >= 0.3 is 18.2 Å². The zero-order valence-corrected chi connectivity index (χ0v) is 17.2. The van der Waals surface area contributed by atoms with Crippen molar-refractivity contribution in [3.05, 3.63) is 30.1 Å². The highest BCUT2D eigenvalue weighted by atomic mass is 19.4. The molecule has 0 spiro atoms. The third-order valence-electron chi connectivity index (χ3n) is 5.63. The number of carbonyl (C=O) groups is 2. The molecule has 1 aliphatic carbocycles. The third-order valence-corrected chi connectivity index (χ3v) is 5.63. The fraction of sp³-hybridized carbons (Fsp3) is 0.650. The van der Waals surface area contributed by atoms with Gasteiger partial charge in [0.05, 0.1) is 18.2 Å². The van der Waals surface area contributed by atoms with E-state index >= 15 is 0 Å². The highest BCUT2D eigenvalue weighted by Gasteiger charge is 2.48. The summed E-state index contributed by atoms with van der Waals surface area (Å²) in [5.41, 5.74) is 1.19. The van der Waals surface area contributed by atoms with E-state index in [0.29, 0.717) is 6.04 Å². The summed E-state index contributed by atoms with van der Waals surface area (Å²) in [7, 11) is 2.12. The van der Waals surface area contributed by atoms with Crippen molar-refractivity contribution in [2.75, 3.05) is 20.2 Å². The molecule has 3 fully saturated rings. The fourth-order valence-electron chi connectivity index (χ4n) is 3.93. The van der Waals surface area contributed by atoms with Crippen molar-refractivity contribution in [3.8, 4) is 0 Å². The Morgan fingerprint density at radius 3 is 2.65 bits per heavy atom. The number of likely N-dealkylation sites (N-methyl/N-ethyl adjacent to an activating group) is 1. The first-order valence-corrected chi connectivity index (χ1v) is 10.2. The van der Waals surface area contributed by atoms with Gasteiger partial charge in [-0.3, -0.25) is 9.88 Å². The van der Waals surface area contributed by atoms with E-state index in [1.54, 1.807) is 6.20 Å². The minimum Gasteiger partial charge on any atom is -0.475 e. The van der Waals surface area contributed by atoms with Crippen LogP contribution in [-0.2, 0) is 16.1 Å². The summed E-state index contributed by atoms with van der Waals surface area (Å²) in [6, 6.07) is 4.99. The molecule has 31 heavy (non-hydrogen) atoms. The van der Waals surface area contributed by atoms with E-state index in [2.05, 4.69) is 28.3 Å². The van der Waals surface area contributed by atoms with Crippen LogP contribution in [0.3, 0.4) is 0 Å². The molecule has 8 nitrogen and oxygen atoms in total. The maximum atomic E-state index is 12.6. The molecule has 172 valence electrons. The number of halogens is 3. The first-order chi connectivity index (χ1) is 14.7. The number of carbonyl (C=O) groups excluding carboxylic acids is 1. The molecule has 1 aromatic rings. The number of aliphatic carboxylic acids is 1. The van der Waals surface area contributed by atoms with Crippen LogP contribution in [0, 0.1) is 0 Å². The van der Waals surface area contributed by atoms with Crippen molar-refractivity contribution in [3.63, 3.8) is 0 Å². The topological polar surface area (TPSA) is 95.0 Å². The zero-order valence-electron chi connectivity index (χ0n) is 17.2. The summed E-state index contributed by atoms with van der Waals surface area (Å²) in [5, 5.41) is 10.3. The van der Waals surface area contributed by atoms with Gasteiger partial charge in [0.1, 0.15) is 0 Å². The molecular weight excluding hydrogens is 417 g/mol. The Hall–Kier alpha value is -2.40. The Balaban J connectivity index is 0.000000339. The maximum absolute atomic E-state index is 12.6. The number of carboxylic acids is 1. The van der Waals surface area contributed by atoms with Crippen LogP contribution in [0.1, 0.15) is 31.2 Å². The number of nitrogens with one attached hydrogen (secondary N) is 1. The van der Waals surface area contributed by atoms with Crippen molar-refractivity contribution >= 4 is 12.0 Å². The molecule has 1 aromatic heterocycles. The quantitative estimate of drug-likeness (QED) is 0.740. The lowest BCUT2D eigenvalue weighted by molar-refractivity contribution is -0.192. The number of nitrogens with zero attached hydrogens (tertiary/aromatic N) is 3. The Morgan fingerprint density at radius 2 is 2.06 bits per heavy atom. The summed E-state index contributed by atoms with van der Waals surface area (Å²) in [6.45, 7) is 2.37. The minimum absolute atomic E-state index is 0.0928. The van der Waals surface area contributed by atoms with Crippen LogP contribution in [0.15, 0.2) is 24.5 Å². The lowest BCUT2D eigenvalue weighted by Crippen LogP contribution is -2.48. The number of pyridine rings is 1. The van der Waals surface area contributed by atoms with Crippen LogP contribution in [0.2, 0.25) is 0 Å². The standard InChI is InChI=1S/C18H26N4O2.C2HF3O2/c1-21(11-13-4-2-8-19-10-13)16-12-22(18(23)20-14-6-7-14)15-5-3-9-24-17(15)16;3-2(4,5)1(6)7/h2,4,8,10,14-17H,3,5-7,9,11-12H2,1H3,(H,20,23);(H,6,7)/t15-,16-,17+;/m1./s1. The summed E-state index contributed by atoms with van der Waals surface area (Å²) >= 11 is 0. The second-order valence-corrected chi connectivity index (χ2v) is 8.07. The molecule has 2 N–H and O–H groups in total. The Morgan fingerprint density at radius 1 is 1.35 bits per heavy atom. The molecule has 2 aliphatic heterocycles. The molecule has 0 aromatic carbocycles. The van der Waals surface area contributed by atoms with Crippen molar-refractivity contribution in [2.45, 2.75) is 62.6 Å². The molecule has 0 unspecified atom stereocenters.